The van der Waals surface area contributed by atoms with Gasteiger partial charge in [-0.3, -0.25) is 9.59 Å². The number of nitrogens with two attached hydrogens (primary N) is 2. The standard InChI is InChI=1S/C70H78N10O2/c1-43-17-27-63(49(7)33-43)79-65-39-55(71)45(3)35-59(65)77-61-37-47(5)57(41-67(61)79)73-29-13-9-11-15-31-75-69(81)53-23-19-51(20-24-53)52-21-25-54(26-22-52)70(82)76-32-16-12-10-14-30-74-58-42-68-62(38-48(58)6)78-60-36-46(4)56(72)40-66(60)80(68)64-28-18-44(2)34-50(64)8/h17-28,33-42,67,73H,9-16,29-32,71H2,1-8H3,(H4,72,74,75,76,81,82)/p+1. The highest BCUT2D eigenvalue weighted by atomic mass is 16.2. The number of anilines is 5. The van der Waals surface area contributed by atoms with Crippen molar-refractivity contribution in [3.05, 3.63) is 195 Å². The van der Waals surface area contributed by atoms with Crippen LogP contribution in [0.2, 0.25) is 0 Å². The Morgan fingerprint density at radius 1 is 0.524 bits per heavy atom. The summed E-state index contributed by atoms with van der Waals surface area (Å²) in [5.74, 6) is -0.147. The van der Waals surface area contributed by atoms with Gasteiger partial charge < -0.3 is 37.6 Å². The zero-order chi connectivity index (χ0) is 57.6. The maximum atomic E-state index is 13.1. The quantitative estimate of drug-likeness (QED) is 0.0179. The molecule has 0 saturated carbocycles. The molecule has 420 valence electrons. The van der Waals surface area contributed by atoms with Crippen LogP contribution in [0.25, 0.3) is 38.9 Å². The molecule has 8 aromatic rings. The molecule has 0 bridgehead atoms. The van der Waals surface area contributed by atoms with Crippen LogP contribution in [-0.4, -0.2) is 54.7 Å². The van der Waals surface area contributed by atoms with Gasteiger partial charge in [0, 0.05) is 89.5 Å². The lowest BCUT2D eigenvalue weighted by Gasteiger charge is -2.39. The van der Waals surface area contributed by atoms with Crippen molar-refractivity contribution in [2.45, 2.75) is 113 Å². The molecular formula is C70H79N10O2+. The Morgan fingerprint density at radius 2 is 1.06 bits per heavy atom. The van der Waals surface area contributed by atoms with Gasteiger partial charge in [-0.15, -0.1) is 4.57 Å². The molecule has 7 aromatic carbocycles. The maximum Gasteiger partial charge on any atom is 0.251 e. The van der Waals surface area contributed by atoms with E-state index in [9.17, 15) is 9.59 Å². The van der Waals surface area contributed by atoms with Crippen molar-refractivity contribution in [3.63, 3.8) is 0 Å². The average molecular weight is 1090 g/mol. The van der Waals surface area contributed by atoms with E-state index in [4.69, 9.17) is 21.4 Å². The monoisotopic (exact) mass is 1090 g/mol. The first-order valence-corrected chi connectivity index (χ1v) is 29.2. The number of benzene rings is 7. The molecule has 2 amide bonds. The summed E-state index contributed by atoms with van der Waals surface area (Å²) < 4.78 is 2.30. The first-order chi connectivity index (χ1) is 39.6. The summed E-state index contributed by atoms with van der Waals surface area (Å²) in [4.78, 5) is 38.8. The zero-order valence-corrected chi connectivity index (χ0v) is 49.0. The van der Waals surface area contributed by atoms with Crippen molar-refractivity contribution < 1.29 is 14.2 Å². The molecule has 0 radical (unpaired) electrons. The number of aromatic nitrogens is 2. The average Bonchev–Trinajstić information content (AvgIpc) is 2.21. The smallest absolute Gasteiger partial charge is 0.251 e. The van der Waals surface area contributed by atoms with Crippen LogP contribution < -0.4 is 42.2 Å². The lowest BCUT2D eigenvalue weighted by molar-refractivity contribution is -0.538. The Morgan fingerprint density at radius 3 is 1.67 bits per heavy atom. The van der Waals surface area contributed by atoms with Gasteiger partial charge in [0.2, 0.25) is 16.7 Å². The fourth-order valence-electron chi connectivity index (χ4n) is 11.5. The minimum Gasteiger partial charge on any atom is -0.398 e. The van der Waals surface area contributed by atoms with Gasteiger partial charge in [0.15, 0.2) is 0 Å². The van der Waals surface area contributed by atoms with Crippen LogP contribution in [0.3, 0.4) is 0 Å². The zero-order valence-electron chi connectivity index (χ0n) is 49.0. The Hall–Kier alpha value is -8.77. The molecule has 0 spiro atoms. The van der Waals surface area contributed by atoms with Crippen molar-refractivity contribution in [1.82, 2.24) is 20.9 Å². The largest absolute Gasteiger partial charge is 0.398 e. The number of nitrogens with zero attached hydrogens (tertiary/aromatic N) is 4. The molecule has 82 heavy (non-hydrogen) atoms. The summed E-state index contributed by atoms with van der Waals surface area (Å²) >= 11 is 0. The third-order valence-corrected chi connectivity index (χ3v) is 16.2. The van der Waals surface area contributed by atoms with Gasteiger partial charge >= 0.3 is 0 Å². The van der Waals surface area contributed by atoms with E-state index in [0.29, 0.717) is 24.2 Å². The van der Waals surface area contributed by atoms with Crippen LogP contribution in [0.5, 0.6) is 0 Å². The Labute approximate surface area is 483 Å². The molecule has 1 atom stereocenters. The van der Waals surface area contributed by atoms with E-state index in [0.717, 1.165) is 166 Å². The van der Waals surface area contributed by atoms with Crippen LogP contribution in [0, 0.1) is 48.5 Å². The van der Waals surface area contributed by atoms with Crippen molar-refractivity contribution in [2.75, 3.05) is 47.9 Å². The first-order valence-electron chi connectivity index (χ1n) is 29.2. The van der Waals surface area contributed by atoms with Crippen LogP contribution in [-0.2, 0) is 0 Å². The van der Waals surface area contributed by atoms with E-state index >= 15 is 0 Å². The van der Waals surface area contributed by atoms with Crippen molar-refractivity contribution in [1.29, 1.82) is 0 Å². The number of allylic oxidation sites excluding steroid dienone is 1. The minimum atomic E-state index is -0.0743. The van der Waals surface area contributed by atoms with Crippen LogP contribution in [0.4, 0.5) is 34.1 Å². The molecule has 1 aliphatic heterocycles. The Balaban J connectivity index is 0.623. The highest BCUT2D eigenvalue weighted by molar-refractivity contribution is 6.11. The van der Waals surface area contributed by atoms with E-state index in [2.05, 4.69) is 151 Å². The van der Waals surface area contributed by atoms with Gasteiger partial charge in [0.25, 0.3) is 11.8 Å². The number of rotatable bonds is 21. The molecule has 1 aliphatic carbocycles. The minimum absolute atomic E-state index is 0.0623. The molecule has 12 nitrogen and oxygen atoms in total. The SMILES string of the molecule is CC1=CC2=Nc3cc(C)c(N)cc3N(c3ccc(C)cc3C)C2C=C1NCCCCCCNC(=O)c1ccc(-c2ccc(C(=O)NCCCCCCNc3cc4c(cc3C)nc3cc(C)c(N)cc3[n+]4-c3ccc(C)cc3C)cc2)cc1. The Kier molecular flexibility index (Phi) is 17.2. The molecule has 12 heteroatoms. The summed E-state index contributed by atoms with van der Waals surface area (Å²) in [6.45, 7) is 19.9. The number of aryl methyl sites for hydroxylation is 7. The highest BCUT2D eigenvalue weighted by Crippen LogP contribution is 2.45. The molecule has 0 saturated heterocycles. The molecule has 1 unspecified atom stereocenters. The fourth-order valence-corrected chi connectivity index (χ4v) is 11.5. The van der Waals surface area contributed by atoms with Crippen LogP contribution in [0.1, 0.15) is 118 Å². The number of fused-ring (bicyclic) bond motifs is 4. The highest BCUT2D eigenvalue weighted by Gasteiger charge is 2.33. The summed E-state index contributed by atoms with van der Waals surface area (Å²) in [5.41, 5.74) is 38.2. The number of aliphatic imine (C=N–C) groups is 1. The van der Waals surface area contributed by atoms with E-state index in [1.165, 1.54) is 27.8 Å². The van der Waals surface area contributed by atoms with E-state index < -0.39 is 0 Å². The summed E-state index contributed by atoms with van der Waals surface area (Å²) in [7, 11) is 0. The second-order valence-corrected chi connectivity index (χ2v) is 22.7. The molecule has 2 heterocycles. The van der Waals surface area contributed by atoms with Gasteiger partial charge in [-0.25, -0.2) is 9.98 Å². The predicted molar refractivity (Wildman–Crippen MR) is 340 cm³/mol. The third kappa shape index (κ3) is 12.6. The van der Waals surface area contributed by atoms with Gasteiger partial charge in [-0.1, -0.05) is 79.3 Å². The maximum absolute atomic E-state index is 13.1. The van der Waals surface area contributed by atoms with Gasteiger partial charge in [0.1, 0.15) is 11.0 Å². The van der Waals surface area contributed by atoms with E-state index in [-0.39, 0.29) is 17.9 Å². The van der Waals surface area contributed by atoms with Crippen molar-refractivity contribution >= 4 is 73.7 Å². The number of carbonyl (C=O) groups is 2. The number of nitrogen functional groups attached to an aromatic ring is 2. The van der Waals surface area contributed by atoms with E-state index in [1.54, 1.807) is 0 Å². The molecule has 2 aliphatic rings. The first kappa shape index (κ1) is 56.5. The summed E-state index contributed by atoms with van der Waals surface area (Å²) in [6.07, 6.45) is 12.5. The van der Waals surface area contributed by atoms with Crippen molar-refractivity contribution in [2.24, 2.45) is 4.99 Å². The predicted octanol–water partition coefficient (Wildman–Crippen LogP) is 14.1. The summed E-state index contributed by atoms with van der Waals surface area (Å²) in [6, 6.07) is 41.1. The Bertz CT molecular complexity index is 3820. The van der Waals surface area contributed by atoms with Crippen molar-refractivity contribution in [3.8, 4) is 16.8 Å². The third-order valence-electron chi connectivity index (χ3n) is 16.2. The second kappa shape index (κ2) is 24.9. The topological polar surface area (TPSA) is 167 Å². The normalized spacial score (nSPS) is 13.7. The van der Waals surface area contributed by atoms with Gasteiger partial charge in [-0.05, 0) is 193 Å². The molecule has 10 rings (SSSR count). The van der Waals surface area contributed by atoms with Gasteiger partial charge in [0.05, 0.1) is 23.1 Å². The van der Waals surface area contributed by atoms with E-state index in [1.807, 2.05) is 68.4 Å². The number of unbranched alkanes of at least 4 members (excludes halogenated alkanes) is 6. The van der Waals surface area contributed by atoms with Crippen LogP contribution in [0.15, 0.2) is 150 Å². The number of amides is 2. The number of carbonyl (C=O) groups excluding carboxylic acids is 2. The van der Waals surface area contributed by atoms with Crippen LogP contribution >= 0.6 is 0 Å². The number of hydrogen-bond acceptors (Lipinski definition) is 9. The number of hydrogen-bond donors (Lipinski definition) is 6. The molecule has 1 aromatic heterocycles. The lowest BCUT2D eigenvalue weighted by atomic mass is 9.93. The summed E-state index contributed by atoms with van der Waals surface area (Å²) in [5, 5.41) is 13.6. The van der Waals surface area contributed by atoms with Gasteiger partial charge in [-0.2, -0.15) is 0 Å². The lowest BCUT2D eigenvalue weighted by Crippen LogP contribution is -2.41. The second-order valence-electron chi connectivity index (χ2n) is 22.7. The number of nitrogens with one attached hydrogen (secondary N) is 4. The molecular weight excluding hydrogens is 1010 g/mol. The molecule has 8 N–H and O–H groups in total. The molecule has 0 fully saturated rings. The fraction of sp³-hybridized carbons (Fsp3) is 0.300.